The highest BCUT2D eigenvalue weighted by Crippen LogP contribution is 2.47. The number of halogens is 4. The lowest BCUT2D eigenvalue weighted by Gasteiger charge is -2.42. The van der Waals surface area contributed by atoms with Crippen molar-refractivity contribution >= 4 is 11.6 Å². The van der Waals surface area contributed by atoms with Crippen molar-refractivity contribution in [2.75, 3.05) is 13.2 Å². The number of alkyl halides is 2. The molecule has 3 aliphatic carbocycles. The Kier molecular flexibility index (Phi) is 11.4. The summed E-state index contributed by atoms with van der Waals surface area (Å²) < 4.78 is 62.1. The molecule has 4 fully saturated rings. The Bertz CT molecular complexity index is 929. The summed E-state index contributed by atoms with van der Waals surface area (Å²) in [7, 11) is 0. The summed E-state index contributed by atoms with van der Waals surface area (Å²) in [5.41, 5.74) is 0.898. The van der Waals surface area contributed by atoms with Crippen LogP contribution in [0.4, 0.5) is 13.2 Å². The van der Waals surface area contributed by atoms with E-state index in [1.54, 1.807) is 6.07 Å². The molecule has 1 aromatic rings. The van der Waals surface area contributed by atoms with Gasteiger partial charge >= 0.3 is 6.11 Å². The molecule has 0 amide bonds. The van der Waals surface area contributed by atoms with Crippen LogP contribution in [0.1, 0.15) is 121 Å². The molecule has 0 N–H and O–H groups in total. The van der Waals surface area contributed by atoms with Crippen molar-refractivity contribution in [3.63, 3.8) is 0 Å². The van der Waals surface area contributed by atoms with Gasteiger partial charge in [0.15, 0.2) is 6.29 Å². The predicted molar refractivity (Wildman–Crippen MR) is 157 cm³/mol. The van der Waals surface area contributed by atoms with E-state index in [9.17, 15) is 4.39 Å². The summed E-state index contributed by atoms with van der Waals surface area (Å²) in [5.74, 6) is 1.27. The topological polar surface area (TPSA) is 27.7 Å². The number of unbranched alkanes of at least 4 members (excludes halogenated alkanes) is 2. The maximum absolute atomic E-state index is 15.2. The Hall–Kier alpha value is -0.820. The quantitative estimate of drug-likeness (QED) is 0.251. The molecule has 0 atom stereocenters. The molecule has 0 aromatic heterocycles. The lowest BCUT2D eigenvalue weighted by molar-refractivity contribution is -0.301. The summed E-state index contributed by atoms with van der Waals surface area (Å²) in [6, 6.07) is 4.91. The van der Waals surface area contributed by atoms with E-state index in [1.165, 1.54) is 31.7 Å². The molecule has 0 bridgehead atoms. The van der Waals surface area contributed by atoms with Crippen molar-refractivity contribution in [2.45, 2.75) is 134 Å². The number of hydrogen-bond acceptors (Lipinski definition) is 3. The lowest BCUT2D eigenvalue weighted by atomic mass is 9.69. The lowest BCUT2D eigenvalue weighted by Crippen LogP contribution is -2.41. The van der Waals surface area contributed by atoms with E-state index in [4.69, 9.17) is 25.8 Å². The number of rotatable bonds is 10. The summed E-state index contributed by atoms with van der Waals surface area (Å²) in [6.07, 6.45) is 11.5. The molecule has 1 saturated heterocycles. The highest BCUT2D eigenvalue weighted by atomic mass is 35.5. The Morgan fingerprint density at radius 3 is 2.05 bits per heavy atom. The molecule has 0 spiro atoms. The molecule has 4 aliphatic rings. The van der Waals surface area contributed by atoms with Crippen molar-refractivity contribution in [1.82, 2.24) is 0 Å². The fourth-order valence-electron chi connectivity index (χ4n) is 8.09. The van der Waals surface area contributed by atoms with Crippen LogP contribution < -0.4 is 0 Å². The van der Waals surface area contributed by atoms with Gasteiger partial charge in [-0.1, -0.05) is 43.9 Å². The second kappa shape index (κ2) is 14.8. The Morgan fingerprint density at radius 2 is 1.44 bits per heavy atom. The van der Waals surface area contributed by atoms with Crippen molar-refractivity contribution in [2.24, 2.45) is 29.6 Å². The molecule has 1 aromatic carbocycles. The summed E-state index contributed by atoms with van der Waals surface area (Å²) in [4.78, 5) is 0. The molecule has 1 aliphatic heterocycles. The first kappa shape index (κ1) is 31.6. The first-order chi connectivity index (χ1) is 19.8. The van der Waals surface area contributed by atoms with E-state index in [0.29, 0.717) is 49.4 Å². The van der Waals surface area contributed by atoms with Crippen LogP contribution in [-0.2, 0) is 14.2 Å². The van der Waals surface area contributed by atoms with Crippen LogP contribution in [-0.4, -0.2) is 31.7 Å². The minimum Gasteiger partial charge on any atom is -0.352 e. The first-order valence-corrected chi connectivity index (χ1v) is 16.9. The fraction of sp³-hybridized carbons (Fsp3) is 0.824. The van der Waals surface area contributed by atoms with Crippen molar-refractivity contribution in [1.29, 1.82) is 0 Å². The SMILES string of the molecule is CCCCCC1COC(C2CCC(C3CCC(C(F)(F)OC4CCC(c5ccc(Cl)c(F)c5)CC4)CC3)CC2)OC1. The predicted octanol–water partition coefficient (Wildman–Crippen LogP) is 10.3. The summed E-state index contributed by atoms with van der Waals surface area (Å²) in [6.45, 7) is 3.90. The third-order valence-corrected chi connectivity index (χ3v) is 11.0. The molecule has 5 rings (SSSR count). The zero-order valence-electron chi connectivity index (χ0n) is 24.8. The van der Waals surface area contributed by atoms with E-state index in [1.807, 2.05) is 6.07 Å². The van der Waals surface area contributed by atoms with Crippen LogP contribution >= 0.6 is 11.6 Å². The minimum absolute atomic E-state index is 0.0487. The van der Waals surface area contributed by atoms with Crippen molar-refractivity contribution in [3.8, 4) is 0 Å². The maximum atomic E-state index is 15.2. The molecule has 7 heteroatoms. The second-order valence-corrected chi connectivity index (χ2v) is 13.9. The van der Waals surface area contributed by atoms with Crippen LogP contribution in [0, 0.1) is 35.4 Å². The monoisotopic (exact) mass is 598 g/mol. The number of hydrogen-bond donors (Lipinski definition) is 0. The summed E-state index contributed by atoms with van der Waals surface area (Å²) in [5, 5.41) is 0.113. The average molecular weight is 599 g/mol. The Labute approximate surface area is 250 Å². The largest absolute Gasteiger partial charge is 0.358 e. The number of ether oxygens (including phenoxy) is 3. The molecule has 232 valence electrons. The standard InChI is InChI=1S/C34H50ClF3O3/c1-2-3-4-5-23-21-39-33(40-22-23)27-8-6-24(7-9-27)25-10-15-29(16-11-25)34(37,38)41-30-17-12-26(13-18-30)28-14-19-31(35)32(36)20-28/h14,19-20,23-27,29-30,33H,2-13,15-18,21-22H2,1H3. The van der Waals surface area contributed by atoms with Gasteiger partial charge in [-0.15, -0.1) is 0 Å². The van der Waals surface area contributed by atoms with Crippen LogP contribution in [0.3, 0.4) is 0 Å². The molecule has 0 unspecified atom stereocenters. The zero-order chi connectivity index (χ0) is 28.8. The van der Waals surface area contributed by atoms with E-state index in [2.05, 4.69) is 6.92 Å². The Morgan fingerprint density at radius 1 is 0.829 bits per heavy atom. The van der Waals surface area contributed by atoms with Gasteiger partial charge in [0.25, 0.3) is 0 Å². The third-order valence-electron chi connectivity index (χ3n) is 10.7. The van der Waals surface area contributed by atoms with Crippen LogP contribution in [0.2, 0.25) is 5.02 Å². The minimum atomic E-state index is -3.07. The normalized spacial score (nSPS) is 35.3. The van der Waals surface area contributed by atoms with Gasteiger partial charge in [-0.25, -0.2) is 4.39 Å². The average Bonchev–Trinajstić information content (AvgIpc) is 2.99. The molecule has 1 heterocycles. The molecule has 0 radical (unpaired) electrons. The van der Waals surface area contributed by atoms with Gasteiger partial charge in [0.05, 0.1) is 30.3 Å². The van der Waals surface area contributed by atoms with Crippen LogP contribution in [0.5, 0.6) is 0 Å². The van der Waals surface area contributed by atoms with Gasteiger partial charge in [-0.2, -0.15) is 8.78 Å². The van der Waals surface area contributed by atoms with Gasteiger partial charge in [-0.05, 0) is 119 Å². The second-order valence-electron chi connectivity index (χ2n) is 13.5. The van der Waals surface area contributed by atoms with Gasteiger partial charge < -0.3 is 14.2 Å². The van der Waals surface area contributed by atoms with E-state index in [0.717, 1.165) is 70.1 Å². The Balaban J connectivity index is 0.993. The zero-order valence-corrected chi connectivity index (χ0v) is 25.6. The molecular weight excluding hydrogens is 549 g/mol. The maximum Gasteiger partial charge on any atom is 0.358 e. The van der Waals surface area contributed by atoms with Crippen LogP contribution in [0.15, 0.2) is 18.2 Å². The van der Waals surface area contributed by atoms with E-state index < -0.39 is 23.9 Å². The molecule has 41 heavy (non-hydrogen) atoms. The van der Waals surface area contributed by atoms with Gasteiger partial charge in [0, 0.05) is 11.8 Å². The number of benzene rings is 1. The molecule has 3 nitrogen and oxygen atoms in total. The van der Waals surface area contributed by atoms with Gasteiger partial charge in [0.2, 0.25) is 0 Å². The van der Waals surface area contributed by atoms with E-state index >= 15 is 8.78 Å². The third kappa shape index (κ3) is 8.42. The van der Waals surface area contributed by atoms with Crippen LogP contribution in [0.25, 0.3) is 0 Å². The van der Waals surface area contributed by atoms with E-state index in [-0.39, 0.29) is 17.2 Å². The highest BCUT2D eigenvalue weighted by molar-refractivity contribution is 6.30. The highest BCUT2D eigenvalue weighted by Gasteiger charge is 2.46. The summed E-state index contributed by atoms with van der Waals surface area (Å²) >= 11 is 5.81. The van der Waals surface area contributed by atoms with Gasteiger partial charge in [-0.3, -0.25) is 0 Å². The smallest absolute Gasteiger partial charge is 0.352 e. The molecule has 3 saturated carbocycles. The van der Waals surface area contributed by atoms with Crippen molar-refractivity contribution < 1.29 is 27.4 Å². The van der Waals surface area contributed by atoms with Gasteiger partial charge in [0.1, 0.15) is 5.82 Å². The first-order valence-electron chi connectivity index (χ1n) is 16.6. The fourth-order valence-corrected chi connectivity index (χ4v) is 8.21. The van der Waals surface area contributed by atoms with Crippen molar-refractivity contribution in [3.05, 3.63) is 34.6 Å². The molecular formula is C34H50ClF3O3.